The van der Waals surface area contributed by atoms with Gasteiger partial charge in [-0.2, -0.15) is 5.10 Å². The minimum absolute atomic E-state index is 0.0834. The molecule has 0 spiro atoms. The van der Waals surface area contributed by atoms with Crippen molar-refractivity contribution in [2.45, 2.75) is 0 Å². The van der Waals surface area contributed by atoms with E-state index in [0.717, 1.165) is 16.8 Å². The fraction of sp³-hybridized carbons (Fsp3) is 0. The minimum atomic E-state index is -0.648. The topological polar surface area (TPSA) is 118 Å². The molecular formula is C23H17N7O2. The number of para-hydroxylation sites is 2. The molecule has 0 saturated carbocycles. The number of hydrogen-bond acceptors (Lipinski definition) is 5. The summed E-state index contributed by atoms with van der Waals surface area (Å²) in [5.41, 5.74) is 7.19. The average Bonchev–Trinajstić information content (AvgIpc) is 3.49. The van der Waals surface area contributed by atoms with Crippen LogP contribution in [0.15, 0.2) is 84.9 Å². The molecule has 0 bridgehead atoms. The standard InChI is InChI=1S/C23H17N7O2/c31-22(19-17-13-7-8-14-18(17)25-26-19)27-28-23(32)20-24-21(15-9-3-1-4-10-15)30(29-20)16-11-5-2-6-12-16/h1-14H,(H,25,26)(H,27,31)(H,28,32). The van der Waals surface area contributed by atoms with Crippen LogP contribution in [0.2, 0.25) is 0 Å². The molecule has 9 heteroatoms. The van der Waals surface area contributed by atoms with Gasteiger partial charge >= 0.3 is 5.91 Å². The van der Waals surface area contributed by atoms with Crippen LogP contribution in [0.3, 0.4) is 0 Å². The quantitative estimate of drug-likeness (QED) is 0.384. The number of aromatic nitrogens is 5. The third-order valence-electron chi connectivity index (χ3n) is 4.82. The predicted octanol–water partition coefficient (Wildman–Crippen LogP) is 2.89. The van der Waals surface area contributed by atoms with Crippen LogP contribution in [0.25, 0.3) is 28.0 Å². The van der Waals surface area contributed by atoms with Crippen molar-refractivity contribution >= 4 is 22.7 Å². The third-order valence-corrected chi connectivity index (χ3v) is 4.82. The Morgan fingerprint density at radius 2 is 1.44 bits per heavy atom. The van der Waals surface area contributed by atoms with E-state index in [-0.39, 0.29) is 11.5 Å². The Balaban J connectivity index is 1.40. The van der Waals surface area contributed by atoms with Gasteiger partial charge in [0, 0.05) is 10.9 Å². The maximum Gasteiger partial charge on any atom is 0.309 e. The van der Waals surface area contributed by atoms with Gasteiger partial charge in [-0.1, -0.05) is 66.7 Å². The van der Waals surface area contributed by atoms with Crippen molar-refractivity contribution in [3.05, 3.63) is 96.4 Å². The number of H-pyrrole nitrogens is 1. The van der Waals surface area contributed by atoms with Crippen LogP contribution >= 0.6 is 0 Å². The normalized spacial score (nSPS) is 10.8. The zero-order valence-corrected chi connectivity index (χ0v) is 16.7. The van der Waals surface area contributed by atoms with E-state index in [4.69, 9.17) is 0 Å². The highest BCUT2D eigenvalue weighted by Gasteiger charge is 2.20. The minimum Gasteiger partial charge on any atom is -0.277 e. The summed E-state index contributed by atoms with van der Waals surface area (Å²) in [6.07, 6.45) is 0. The third kappa shape index (κ3) is 3.58. The number of amides is 2. The molecule has 156 valence electrons. The highest BCUT2D eigenvalue weighted by Crippen LogP contribution is 2.21. The van der Waals surface area contributed by atoms with E-state index in [0.29, 0.717) is 11.2 Å². The molecule has 5 aromatic rings. The van der Waals surface area contributed by atoms with Gasteiger partial charge in [-0.3, -0.25) is 25.5 Å². The van der Waals surface area contributed by atoms with Gasteiger partial charge in [0.25, 0.3) is 5.91 Å². The van der Waals surface area contributed by atoms with E-state index >= 15 is 0 Å². The summed E-state index contributed by atoms with van der Waals surface area (Å²) in [5, 5.41) is 11.8. The van der Waals surface area contributed by atoms with Crippen molar-refractivity contribution in [3.8, 4) is 17.1 Å². The number of rotatable bonds is 4. The summed E-state index contributed by atoms with van der Waals surface area (Å²) in [7, 11) is 0. The van der Waals surface area contributed by atoms with Gasteiger partial charge in [-0.15, -0.1) is 5.10 Å². The summed E-state index contributed by atoms with van der Waals surface area (Å²) in [6, 6.07) is 26.0. The molecule has 2 heterocycles. The largest absolute Gasteiger partial charge is 0.309 e. The lowest BCUT2D eigenvalue weighted by molar-refractivity contribution is 0.0839. The number of aromatic amines is 1. The number of carbonyl (C=O) groups is 2. The molecule has 0 radical (unpaired) electrons. The number of hydrazine groups is 1. The number of carbonyl (C=O) groups excluding carboxylic acids is 2. The van der Waals surface area contributed by atoms with Gasteiger partial charge in [-0.05, 0) is 18.2 Å². The van der Waals surface area contributed by atoms with E-state index in [2.05, 4.69) is 31.1 Å². The Labute approximate surface area is 182 Å². The fourth-order valence-corrected chi connectivity index (χ4v) is 3.30. The maximum atomic E-state index is 12.7. The lowest BCUT2D eigenvalue weighted by atomic mass is 10.2. The summed E-state index contributed by atoms with van der Waals surface area (Å²) >= 11 is 0. The monoisotopic (exact) mass is 423 g/mol. The second-order valence-electron chi connectivity index (χ2n) is 6.90. The number of nitrogens with zero attached hydrogens (tertiary/aromatic N) is 4. The first kappa shape index (κ1) is 19.2. The van der Waals surface area contributed by atoms with Gasteiger partial charge in [0.05, 0.1) is 11.2 Å². The Morgan fingerprint density at radius 3 is 2.22 bits per heavy atom. The molecule has 0 saturated heterocycles. The van der Waals surface area contributed by atoms with Gasteiger partial charge < -0.3 is 0 Å². The first-order chi connectivity index (χ1) is 15.7. The Bertz CT molecular complexity index is 1350. The molecule has 0 atom stereocenters. The molecule has 5 rings (SSSR count). The van der Waals surface area contributed by atoms with Gasteiger partial charge in [0.15, 0.2) is 11.5 Å². The lowest BCUT2D eigenvalue weighted by Gasteiger charge is -2.05. The van der Waals surface area contributed by atoms with E-state index in [1.165, 1.54) is 0 Å². The van der Waals surface area contributed by atoms with Crippen LogP contribution in [0, 0.1) is 0 Å². The van der Waals surface area contributed by atoms with Crippen LogP contribution in [0.1, 0.15) is 21.1 Å². The molecule has 9 nitrogen and oxygen atoms in total. The second-order valence-corrected chi connectivity index (χ2v) is 6.90. The van der Waals surface area contributed by atoms with E-state index < -0.39 is 11.8 Å². The Hall–Kier alpha value is -4.79. The summed E-state index contributed by atoms with van der Waals surface area (Å²) in [5.74, 6) is -0.780. The summed E-state index contributed by atoms with van der Waals surface area (Å²) < 4.78 is 1.59. The van der Waals surface area contributed by atoms with Gasteiger partial charge in [0.2, 0.25) is 5.82 Å². The molecule has 3 aromatic carbocycles. The molecule has 2 amide bonds. The molecule has 32 heavy (non-hydrogen) atoms. The number of nitrogens with one attached hydrogen (secondary N) is 3. The zero-order valence-electron chi connectivity index (χ0n) is 16.7. The van der Waals surface area contributed by atoms with Crippen molar-refractivity contribution in [1.29, 1.82) is 0 Å². The highest BCUT2D eigenvalue weighted by molar-refractivity contribution is 6.05. The van der Waals surface area contributed by atoms with Crippen molar-refractivity contribution in [1.82, 2.24) is 35.8 Å². The maximum absolute atomic E-state index is 12.7. The smallest absolute Gasteiger partial charge is 0.277 e. The molecule has 3 N–H and O–H groups in total. The van der Waals surface area contributed by atoms with Crippen LogP contribution in [0.4, 0.5) is 0 Å². The predicted molar refractivity (Wildman–Crippen MR) is 118 cm³/mol. The first-order valence-electron chi connectivity index (χ1n) is 9.82. The van der Waals surface area contributed by atoms with Crippen molar-refractivity contribution in [2.75, 3.05) is 0 Å². The summed E-state index contributed by atoms with van der Waals surface area (Å²) in [6.45, 7) is 0. The number of fused-ring (bicyclic) bond motifs is 1. The van der Waals surface area contributed by atoms with E-state index in [1.54, 1.807) is 16.8 Å². The van der Waals surface area contributed by atoms with Gasteiger partial charge in [-0.25, -0.2) is 9.67 Å². The second kappa shape index (κ2) is 8.15. The molecule has 0 aliphatic heterocycles. The van der Waals surface area contributed by atoms with Crippen molar-refractivity contribution in [3.63, 3.8) is 0 Å². The van der Waals surface area contributed by atoms with Crippen LogP contribution in [-0.4, -0.2) is 36.8 Å². The molecule has 0 unspecified atom stereocenters. The van der Waals surface area contributed by atoms with Crippen LogP contribution < -0.4 is 10.9 Å². The average molecular weight is 423 g/mol. The van der Waals surface area contributed by atoms with Gasteiger partial charge in [0.1, 0.15) is 0 Å². The zero-order chi connectivity index (χ0) is 21.9. The van der Waals surface area contributed by atoms with Crippen molar-refractivity contribution in [2.24, 2.45) is 0 Å². The number of hydrogen-bond donors (Lipinski definition) is 3. The molecule has 0 fully saturated rings. The number of benzene rings is 3. The fourth-order valence-electron chi connectivity index (χ4n) is 3.30. The van der Waals surface area contributed by atoms with Crippen molar-refractivity contribution < 1.29 is 9.59 Å². The molecule has 2 aromatic heterocycles. The lowest BCUT2D eigenvalue weighted by Crippen LogP contribution is -2.42. The summed E-state index contributed by atoms with van der Waals surface area (Å²) in [4.78, 5) is 29.6. The van der Waals surface area contributed by atoms with E-state index in [1.807, 2.05) is 72.8 Å². The SMILES string of the molecule is O=C(NNC(=O)c1n[nH]c2ccccc12)c1nc(-c2ccccc2)n(-c2ccccc2)n1. The molecular weight excluding hydrogens is 406 g/mol. The Morgan fingerprint density at radius 1 is 0.781 bits per heavy atom. The van der Waals surface area contributed by atoms with Crippen LogP contribution in [-0.2, 0) is 0 Å². The van der Waals surface area contributed by atoms with Crippen LogP contribution in [0.5, 0.6) is 0 Å². The van der Waals surface area contributed by atoms with E-state index in [9.17, 15) is 9.59 Å². The first-order valence-corrected chi connectivity index (χ1v) is 9.82. The Kier molecular flexibility index (Phi) is 4.89. The molecule has 0 aliphatic rings. The molecule has 0 aliphatic carbocycles. The highest BCUT2D eigenvalue weighted by atomic mass is 16.2.